The molecule has 3 fully saturated rings. The van der Waals surface area contributed by atoms with Gasteiger partial charge >= 0.3 is 0 Å². The van der Waals surface area contributed by atoms with Crippen LogP contribution in [0.2, 0.25) is 0 Å². The van der Waals surface area contributed by atoms with E-state index in [0.717, 1.165) is 44.5 Å². The SMILES string of the molecule is O=C(CN1CCN(C(=O)CN2CCC[C@H](c3nc4ccccc4s3)C2)CC1)N1CCOCC1. The lowest BCUT2D eigenvalue weighted by atomic mass is 9.98. The second kappa shape index (κ2) is 10.5. The van der Waals surface area contributed by atoms with Crippen molar-refractivity contribution in [3.63, 3.8) is 0 Å². The van der Waals surface area contributed by atoms with Crippen LogP contribution in [-0.4, -0.2) is 115 Å². The molecule has 178 valence electrons. The summed E-state index contributed by atoms with van der Waals surface area (Å²) in [5, 5.41) is 1.20. The number of amides is 2. The van der Waals surface area contributed by atoms with E-state index in [1.807, 2.05) is 15.9 Å². The zero-order valence-electron chi connectivity index (χ0n) is 19.2. The Hall–Kier alpha value is -2.07. The molecule has 3 aliphatic heterocycles. The molecule has 3 aliphatic rings. The molecule has 0 spiro atoms. The molecule has 9 heteroatoms. The number of piperazine rings is 1. The fraction of sp³-hybridized carbons (Fsp3) is 0.625. The van der Waals surface area contributed by atoms with Gasteiger partial charge in [0.15, 0.2) is 0 Å². The number of carbonyl (C=O) groups excluding carboxylic acids is 2. The van der Waals surface area contributed by atoms with Gasteiger partial charge in [0.05, 0.1) is 41.5 Å². The van der Waals surface area contributed by atoms with Crippen LogP contribution >= 0.6 is 11.3 Å². The highest BCUT2D eigenvalue weighted by atomic mass is 32.1. The number of fused-ring (bicyclic) bond motifs is 1. The summed E-state index contributed by atoms with van der Waals surface area (Å²) in [5.41, 5.74) is 1.08. The van der Waals surface area contributed by atoms with Crippen LogP contribution in [0.3, 0.4) is 0 Å². The summed E-state index contributed by atoms with van der Waals surface area (Å²) < 4.78 is 6.57. The van der Waals surface area contributed by atoms with Gasteiger partial charge in [0, 0.05) is 51.7 Å². The van der Waals surface area contributed by atoms with E-state index in [1.54, 1.807) is 11.3 Å². The third-order valence-electron chi connectivity index (χ3n) is 6.97. The Morgan fingerprint density at radius 1 is 0.909 bits per heavy atom. The zero-order chi connectivity index (χ0) is 22.6. The Morgan fingerprint density at radius 2 is 1.61 bits per heavy atom. The molecule has 0 radical (unpaired) electrons. The van der Waals surface area contributed by atoms with Crippen molar-refractivity contribution in [1.29, 1.82) is 0 Å². The van der Waals surface area contributed by atoms with Crippen LogP contribution in [0.4, 0.5) is 0 Å². The Morgan fingerprint density at radius 3 is 2.36 bits per heavy atom. The summed E-state index contributed by atoms with van der Waals surface area (Å²) in [6, 6.07) is 8.31. The molecular weight excluding hydrogens is 438 g/mol. The van der Waals surface area contributed by atoms with E-state index in [2.05, 4.69) is 28.0 Å². The second-order valence-electron chi connectivity index (χ2n) is 9.24. The van der Waals surface area contributed by atoms with Crippen LogP contribution in [-0.2, 0) is 14.3 Å². The van der Waals surface area contributed by atoms with Crippen molar-refractivity contribution in [3.8, 4) is 0 Å². The van der Waals surface area contributed by atoms with Gasteiger partial charge in [0.2, 0.25) is 11.8 Å². The Bertz CT molecular complexity index is 935. The number of likely N-dealkylation sites (tertiary alicyclic amines) is 1. The molecule has 2 amide bonds. The summed E-state index contributed by atoms with van der Waals surface area (Å²) in [4.78, 5) is 38.7. The van der Waals surface area contributed by atoms with Crippen LogP contribution in [0.1, 0.15) is 23.8 Å². The van der Waals surface area contributed by atoms with Crippen molar-refractivity contribution in [2.45, 2.75) is 18.8 Å². The number of nitrogens with zero attached hydrogens (tertiary/aromatic N) is 5. The number of hydrogen-bond acceptors (Lipinski definition) is 7. The number of benzene rings is 1. The Labute approximate surface area is 199 Å². The van der Waals surface area contributed by atoms with E-state index in [-0.39, 0.29) is 11.8 Å². The maximum Gasteiger partial charge on any atom is 0.236 e. The maximum atomic E-state index is 13.0. The lowest BCUT2D eigenvalue weighted by Gasteiger charge is -2.37. The van der Waals surface area contributed by atoms with E-state index in [1.165, 1.54) is 9.71 Å². The maximum absolute atomic E-state index is 13.0. The van der Waals surface area contributed by atoms with Crippen LogP contribution in [0.5, 0.6) is 0 Å². The number of aromatic nitrogens is 1. The lowest BCUT2D eigenvalue weighted by molar-refractivity contribution is -0.138. The summed E-state index contributed by atoms with van der Waals surface area (Å²) in [7, 11) is 0. The number of piperidine rings is 1. The summed E-state index contributed by atoms with van der Waals surface area (Å²) in [6.45, 7) is 8.35. The van der Waals surface area contributed by atoms with Crippen molar-refractivity contribution < 1.29 is 14.3 Å². The minimum absolute atomic E-state index is 0.173. The van der Waals surface area contributed by atoms with Gasteiger partial charge in [-0.1, -0.05) is 12.1 Å². The number of ether oxygens (including phenoxy) is 1. The van der Waals surface area contributed by atoms with Gasteiger partial charge in [-0.3, -0.25) is 19.4 Å². The average molecular weight is 472 g/mol. The van der Waals surface area contributed by atoms with Crippen LogP contribution in [0.25, 0.3) is 10.2 Å². The van der Waals surface area contributed by atoms with Gasteiger partial charge in [-0.05, 0) is 31.5 Å². The average Bonchev–Trinajstić information content (AvgIpc) is 3.30. The fourth-order valence-electron chi connectivity index (χ4n) is 5.02. The largest absolute Gasteiger partial charge is 0.378 e. The van der Waals surface area contributed by atoms with Gasteiger partial charge in [0.1, 0.15) is 0 Å². The van der Waals surface area contributed by atoms with E-state index >= 15 is 0 Å². The smallest absolute Gasteiger partial charge is 0.236 e. The number of morpholine rings is 1. The highest BCUT2D eigenvalue weighted by Gasteiger charge is 2.29. The molecule has 1 aromatic heterocycles. The second-order valence-corrected chi connectivity index (χ2v) is 10.3. The van der Waals surface area contributed by atoms with Gasteiger partial charge in [-0.2, -0.15) is 0 Å². The number of carbonyl (C=O) groups is 2. The Kier molecular flexibility index (Phi) is 7.20. The van der Waals surface area contributed by atoms with Crippen LogP contribution in [0.15, 0.2) is 24.3 Å². The molecule has 1 aromatic carbocycles. The summed E-state index contributed by atoms with van der Waals surface area (Å²) in [6.07, 6.45) is 2.24. The van der Waals surface area contributed by atoms with Gasteiger partial charge in [0.25, 0.3) is 0 Å². The molecule has 5 rings (SSSR count). The first-order chi connectivity index (χ1) is 16.2. The number of rotatable bonds is 5. The van der Waals surface area contributed by atoms with E-state index < -0.39 is 0 Å². The zero-order valence-corrected chi connectivity index (χ0v) is 20.0. The molecule has 0 aliphatic carbocycles. The van der Waals surface area contributed by atoms with Crippen molar-refractivity contribution >= 4 is 33.4 Å². The minimum Gasteiger partial charge on any atom is -0.378 e. The third-order valence-corrected chi connectivity index (χ3v) is 8.17. The van der Waals surface area contributed by atoms with Crippen molar-refractivity contribution in [2.24, 2.45) is 0 Å². The number of thiazole rings is 1. The van der Waals surface area contributed by atoms with E-state index in [9.17, 15) is 9.59 Å². The summed E-state index contributed by atoms with van der Waals surface area (Å²) in [5.74, 6) is 0.790. The van der Waals surface area contributed by atoms with Gasteiger partial charge in [-0.25, -0.2) is 4.98 Å². The van der Waals surface area contributed by atoms with Crippen LogP contribution < -0.4 is 0 Å². The predicted octanol–water partition coefficient (Wildman–Crippen LogP) is 1.48. The first-order valence-corrected chi connectivity index (χ1v) is 12.9. The normalized spacial score (nSPS) is 23.2. The molecular formula is C24H33N5O3S. The predicted molar refractivity (Wildman–Crippen MR) is 128 cm³/mol. The van der Waals surface area contributed by atoms with Crippen molar-refractivity contribution in [1.82, 2.24) is 24.6 Å². The van der Waals surface area contributed by atoms with Gasteiger partial charge < -0.3 is 14.5 Å². The highest BCUT2D eigenvalue weighted by Crippen LogP contribution is 2.32. The first-order valence-electron chi connectivity index (χ1n) is 12.1. The Balaban J connectivity index is 1.08. The molecule has 0 bridgehead atoms. The molecule has 4 heterocycles. The molecule has 3 saturated heterocycles. The lowest BCUT2D eigenvalue weighted by Crippen LogP contribution is -2.54. The molecule has 33 heavy (non-hydrogen) atoms. The molecule has 1 atom stereocenters. The standard InChI is InChI=1S/C24H33N5O3S/c30-22(29-12-14-32-15-13-29)17-26-8-10-28(11-9-26)23(31)18-27-7-3-4-19(16-27)24-25-20-5-1-2-6-21(20)33-24/h1-2,5-6,19H,3-4,7-18H2/t19-/m0/s1. The summed E-state index contributed by atoms with van der Waals surface area (Å²) >= 11 is 1.79. The molecule has 0 unspecified atom stereocenters. The number of hydrogen-bond donors (Lipinski definition) is 0. The van der Waals surface area contributed by atoms with Crippen molar-refractivity contribution in [2.75, 3.05) is 78.7 Å². The van der Waals surface area contributed by atoms with E-state index in [0.29, 0.717) is 58.4 Å². The molecule has 8 nitrogen and oxygen atoms in total. The monoisotopic (exact) mass is 471 g/mol. The van der Waals surface area contributed by atoms with Crippen molar-refractivity contribution in [3.05, 3.63) is 29.3 Å². The first kappa shape index (κ1) is 22.7. The molecule has 0 saturated carbocycles. The van der Waals surface area contributed by atoms with E-state index in [4.69, 9.17) is 9.72 Å². The van der Waals surface area contributed by atoms with Crippen LogP contribution in [0, 0.1) is 0 Å². The topological polar surface area (TPSA) is 69.2 Å². The quantitative estimate of drug-likeness (QED) is 0.658. The number of para-hydroxylation sites is 1. The third kappa shape index (κ3) is 5.54. The fourth-order valence-corrected chi connectivity index (χ4v) is 6.11. The minimum atomic E-state index is 0.173. The highest BCUT2D eigenvalue weighted by molar-refractivity contribution is 7.18. The molecule has 0 N–H and O–H groups in total. The van der Waals surface area contributed by atoms with Gasteiger partial charge in [-0.15, -0.1) is 11.3 Å². The molecule has 2 aromatic rings.